The molecule has 0 aromatic carbocycles. The highest BCUT2D eigenvalue weighted by Gasteiger charge is 2.13. The van der Waals surface area contributed by atoms with Crippen LogP contribution in [0.2, 0.25) is 0 Å². The molecule has 0 atom stereocenters. The molecule has 1 aliphatic rings. The van der Waals surface area contributed by atoms with Gasteiger partial charge in [-0.1, -0.05) is 6.08 Å². The monoisotopic (exact) mass is 337 g/mol. The van der Waals surface area contributed by atoms with Crippen molar-refractivity contribution in [2.24, 2.45) is 4.99 Å². The number of rotatable bonds is 4. The zero-order valence-corrected chi connectivity index (χ0v) is 13.7. The van der Waals surface area contributed by atoms with Crippen molar-refractivity contribution in [1.29, 1.82) is 5.41 Å². The Kier molecular flexibility index (Phi) is 7.30. The highest BCUT2D eigenvalue weighted by Crippen LogP contribution is 2.08. The molecule has 0 bridgehead atoms. The number of aliphatic imine (C=N–C) groups is 1. The number of sulfone groups is 1. The van der Waals surface area contributed by atoms with Gasteiger partial charge in [0.15, 0.2) is 9.84 Å². The standard InChI is InChI=1S/C12H20ClN3O4S/c1-10(21(2,17)18)15-11(9-13)3-4-12(14)16-5-6-19-7-8-20-16/h3,14H,4-9H2,1-2H3/b11-3-,14-12?,15-10?. The van der Waals surface area contributed by atoms with Crippen LogP contribution in [-0.2, 0) is 19.4 Å². The van der Waals surface area contributed by atoms with Crippen LogP contribution in [0.4, 0.5) is 0 Å². The molecule has 0 aromatic rings. The second-order valence-corrected chi connectivity index (χ2v) is 6.83. The van der Waals surface area contributed by atoms with Gasteiger partial charge < -0.3 is 4.74 Å². The number of allylic oxidation sites excluding steroid dienone is 1. The van der Waals surface area contributed by atoms with Crippen molar-refractivity contribution in [2.75, 3.05) is 38.5 Å². The lowest BCUT2D eigenvalue weighted by Gasteiger charge is -2.20. The Hall–Kier alpha value is -0.960. The van der Waals surface area contributed by atoms with E-state index in [0.29, 0.717) is 32.1 Å². The molecular weight excluding hydrogens is 318 g/mol. The van der Waals surface area contributed by atoms with Crippen LogP contribution in [0.1, 0.15) is 13.3 Å². The number of hydroxylamine groups is 2. The van der Waals surface area contributed by atoms with E-state index in [9.17, 15) is 8.42 Å². The molecule has 1 fully saturated rings. The average molecular weight is 338 g/mol. The Bertz CT molecular complexity index is 523. The molecule has 0 saturated carbocycles. The third-order valence-electron chi connectivity index (χ3n) is 2.72. The summed E-state index contributed by atoms with van der Waals surface area (Å²) in [5.41, 5.74) is 0.412. The van der Waals surface area contributed by atoms with Crippen molar-refractivity contribution < 1.29 is 18.0 Å². The molecule has 1 rings (SSSR count). The lowest BCUT2D eigenvalue weighted by Crippen LogP contribution is -2.31. The molecule has 0 amide bonds. The first-order valence-corrected chi connectivity index (χ1v) is 8.83. The van der Waals surface area contributed by atoms with E-state index >= 15 is 0 Å². The predicted molar refractivity (Wildman–Crippen MR) is 82.6 cm³/mol. The molecule has 120 valence electrons. The number of hydrogen-bond donors (Lipinski definition) is 1. The minimum absolute atomic E-state index is 0.000327. The normalized spacial score (nSPS) is 18.5. The Morgan fingerprint density at radius 1 is 1.43 bits per heavy atom. The first kappa shape index (κ1) is 18.1. The van der Waals surface area contributed by atoms with Crippen LogP contribution < -0.4 is 0 Å². The SMILES string of the molecule is CC(=N/C(=C\CC(=N)N1CCOCCO1)CCl)S(C)(=O)=O. The molecule has 1 N–H and O–H groups in total. The highest BCUT2D eigenvalue weighted by molar-refractivity contribution is 8.05. The van der Waals surface area contributed by atoms with Crippen LogP contribution in [0, 0.1) is 5.41 Å². The Morgan fingerprint density at radius 2 is 2.14 bits per heavy atom. The number of nitrogens with zero attached hydrogens (tertiary/aromatic N) is 2. The van der Waals surface area contributed by atoms with Gasteiger partial charge in [-0.05, 0) is 6.92 Å². The topological polar surface area (TPSA) is 92.1 Å². The lowest BCUT2D eigenvalue weighted by molar-refractivity contribution is -0.0886. The summed E-state index contributed by atoms with van der Waals surface area (Å²) in [6.07, 6.45) is 2.96. The summed E-state index contributed by atoms with van der Waals surface area (Å²) in [5.74, 6) is 0.319. The van der Waals surface area contributed by atoms with E-state index in [2.05, 4.69) is 4.99 Å². The van der Waals surface area contributed by atoms with E-state index < -0.39 is 9.84 Å². The van der Waals surface area contributed by atoms with E-state index in [1.165, 1.54) is 12.0 Å². The van der Waals surface area contributed by atoms with Gasteiger partial charge >= 0.3 is 0 Å². The average Bonchev–Trinajstić information content (AvgIpc) is 2.70. The second kappa shape index (κ2) is 8.47. The van der Waals surface area contributed by atoms with Crippen molar-refractivity contribution in [3.05, 3.63) is 11.8 Å². The fourth-order valence-electron chi connectivity index (χ4n) is 1.46. The van der Waals surface area contributed by atoms with Gasteiger partial charge in [0.25, 0.3) is 0 Å². The predicted octanol–water partition coefficient (Wildman–Crippen LogP) is 1.20. The molecular formula is C12H20ClN3O4S. The lowest BCUT2D eigenvalue weighted by atomic mass is 10.3. The molecule has 21 heavy (non-hydrogen) atoms. The van der Waals surface area contributed by atoms with E-state index in [-0.39, 0.29) is 23.2 Å². The van der Waals surface area contributed by atoms with Crippen LogP contribution in [0.5, 0.6) is 0 Å². The third-order valence-corrected chi connectivity index (χ3v) is 4.16. The molecule has 0 unspecified atom stereocenters. The summed E-state index contributed by atoms with van der Waals surface area (Å²) in [6, 6.07) is 0. The van der Waals surface area contributed by atoms with Crippen molar-refractivity contribution >= 4 is 32.3 Å². The van der Waals surface area contributed by atoms with Crippen molar-refractivity contribution in [3.8, 4) is 0 Å². The first-order valence-electron chi connectivity index (χ1n) is 6.40. The zero-order valence-electron chi connectivity index (χ0n) is 12.1. The third kappa shape index (κ3) is 6.56. The summed E-state index contributed by atoms with van der Waals surface area (Å²) in [6.45, 7) is 3.30. The summed E-state index contributed by atoms with van der Waals surface area (Å²) >= 11 is 5.75. The van der Waals surface area contributed by atoms with Crippen molar-refractivity contribution in [3.63, 3.8) is 0 Å². The van der Waals surface area contributed by atoms with Crippen molar-refractivity contribution in [2.45, 2.75) is 13.3 Å². The maximum Gasteiger partial charge on any atom is 0.188 e. The number of nitrogens with one attached hydrogen (secondary N) is 1. The van der Waals surface area contributed by atoms with Crippen LogP contribution in [0.25, 0.3) is 0 Å². The van der Waals surface area contributed by atoms with E-state index in [1.807, 2.05) is 0 Å². The molecule has 0 aliphatic carbocycles. The number of amidine groups is 1. The number of halogens is 1. The van der Waals surface area contributed by atoms with Gasteiger partial charge in [0.2, 0.25) is 0 Å². The van der Waals surface area contributed by atoms with Gasteiger partial charge in [-0.25, -0.2) is 18.5 Å². The maximum absolute atomic E-state index is 11.3. The van der Waals surface area contributed by atoms with Crippen molar-refractivity contribution in [1.82, 2.24) is 5.06 Å². The van der Waals surface area contributed by atoms with E-state index in [1.54, 1.807) is 6.08 Å². The molecule has 1 aliphatic heterocycles. The number of ether oxygens (including phenoxy) is 1. The molecule has 0 aromatic heterocycles. The fraction of sp³-hybridized carbons (Fsp3) is 0.667. The minimum atomic E-state index is -3.33. The van der Waals surface area contributed by atoms with Gasteiger partial charge in [0, 0.05) is 12.7 Å². The summed E-state index contributed by atoms with van der Waals surface area (Å²) in [4.78, 5) is 9.33. The molecule has 0 radical (unpaired) electrons. The fourth-order valence-corrected chi connectivity index (χ4v) is 1.92. The number of alkyl halides is 1. The minimum Gasteiger partial charge on any atom is -0.377 e. The molecule has 7 nitrogen and oxygen atoms in total. The van der Waals surface area contributed by atoms with Gasteiger partial charge in [0.05, 0.1) is 37.9 Å². The Balaban J connectivity index is 2.69. The zero-order chi connectivity index (χ0) is 15.9. The Morgan fingerprint density at radius 3 is 2.76 bits per heavy atom. The largest absolute Gasteiger partial charge is 0.377 e. The molecule has 1 saturated heterocycles. The smallest absolute Gasteiger partial charge is 0.188 e. The molecule has 9 heteroatoms. The quantitative estimate of drug-likeness (QED) is 0.473. The van der Waals surface area contributed by atoms with Gasteiger partial charge in [-0.2, -0.15) is 0 Å². The summed E-state index contributed by atoms with van der Waals surface area (Å²) < 4.78 is 27.9. The number of hydrogen-bond acceptors (Lipinski definition) is 6. The summed E-state index contributed by atoms with van der Waals surface area (Å²) in [7, 11) is -3.33. The van der Waals surface area contributed by atoms with Gasteiger partial charge in [0.1, 0.15) is 10.9 Å². The molecule has 0 spiro atoms. The summed E-state index contributed by atoms with van der Waals surface area (Å²) in [5, 5.41) is 9.41. The van der Waals surface area contributed by atoms with Crippen LogP contribution in [0.3, 0.4) is 0 Å². The second-order valence-electron chi connectivity index (χ2n) is 4.43. The van der Waals surface area contributed by atoms with Crippen LogP contribution in [-0.4, -0.2) is 62.9 Å². The van der Waals surface area contributed by atoms with Gasteiger partial charge in [-0.15, -0.1) is 11.6 Å². The molecule has 1 heterocycles. The van der Waals surface area contributed by atoms with Crippen LogP contribution in [0.15, 0.2) is 16.8 Å². The first-order chi connectivity index (χ1) is 9.84. The van der Waals surface area contributed by atoms with Crippen LogP contribution >= 0.6 is 11.6 Å². The van der Waals surface area contributed by atoms with Gasteiger partial charge in [-0.3, -0.25) is 10.2 Å². The maximum atomic E-state index is 11.3. The van der Waals surface area contributed by atoms with E-state index in [4.69, 9.17) is 26.6 Å². The highest BCUT2D eigenvalue weighted by atomic mass is 35.5. The Labute approximate surface area is 130 Å². The van der Waals surface area contributed by atoms with E-state index in [0.717, 1.165) is 6.26 Å².